The van der Waals surface area contributed by atoms with Crippen LogP contribution in [0.4, 0.5) is 0 Å². The van der Waals surface area contributed by atoms with Crippen molar-refractivity contribution in [2.75, 3.05) is 26.3 Å². The number of aliphatic hydroxyl groups is 1. The van der Waals surface area contributed by atoms with Crippen molar-refractivity contribution in [1.82, 2.24) is 4.90 Å². The van der Waals surface area contributed by atoms with Gasteiger partial charge in [0.05, 0.1) is 24.7 Å². The highest BCUT2D eigenvalue weighted by Gasteiger charge is 2.34. The molecule has 1 N–H and O–H groups in total. The first kappa shape index (κ1) is 14.4. The molecule has 1 saturated heterocycles. The highest BCUT2D eigenvalue weighted by molar-refractivity contribution is 5.80. The topological polar surface area (TPSA) is 59.0 Å². The molecule has 0 radical (unpaired) electrons. The molecule has 0 aliphatic carbocycles. The van der Waals surface area contributed by atoms with Gasteiger partial charge in [0.25, 0.3) is 0 Å². The van der Waals surface area contributed by atoms with Gasteiger partial charge in [0, 0.05) is 13.1 Å². The smallest absolute Gasteiger partial charge is 0.229 e. The van der Waals surface area contributed by atoms with Gasteiger partial charge in [0.2, 0.25) is 5.91 Å². The quantitative estimate of drug-likeness (QED) is 0.877. The van der Waals surface area contributed by atoms with Crippen LogP contribution < -0.4 is 4.74 Å². The zero-order valence-corrected chi connectivity index (χ0v) is 12.2. The van der Waals surface area contributed by atoms with Crippen LogP contribution >= 0.6 is 0 Å². The molecule has 2 heterocycles. The van der Waals surface area contributed by atoms with Gasteiger partial charge in [-0.25, -0.2) is 0 Å². The lowest BCUT2D eigenvalue weighted by Crippen LogP contribution is -2.53. The minimum Gasteiger partial charge on any atom is -0.492 e. The molecule has 3 atom stereocenters. The molecule has 0 spiro atoms. The zero-order chi connectivity index (χ0) is 14.8. The number of benzene rings is 1. The zero-order valence-electron chi connectivity index (χ0n) is 12.2. The highest BCUT2D eigenvalue weighted by atomic mass is 16.5. The molecular formula is C16H21NO4. The number of carbonyl (C=O) groups excluding carboxylic acids is 1. The second-order valence-corrected chi connectivity index (χ2v) is 5.81. The van der Waals surface area contributed by atoms with Crippen LogP contribution in [0.15, 0.2) is 24.3 Å². The summed E-state index contributed by atoms with van der Waals surface area (Å²) in [5.74, 6) is 0.827. The van der Waals surface area contributed by atoms with Crippen molar-refractivity contribution in [1.29, 1.82) is 0 Å². The Kier molecular flexibility index (Phi) is 4.12. The lowest BCUT2D eigenvalue weighted by Gasteiger charge is -2.38. The van der Waals surface area contributed by atoms with Gasteiger partial charge in [-0.1, -0.05) is 18.2 Å². The van der Waals surface area contributed by atoms with Crippen molar-refractivity contribution in [2.45, 2.75) is 25.6 Å². The van der Waals surface area contributed by atoms with Gasteiger partial charge in [-0.05, 0) is 25.0 Å². The SMILES string of the molecule is CC1CN(C(=O)C2COc3ccccc3C2)CC(CO)O1. The summed E-state index contributed by atoms with van der Waals surface area (Å²) in [6, 6.07) is 7.85. The Hall–Kier alpha value is -1.59. The van der Waals surface area contributed by atoms with Gasteiger partial charge in [-0.2, -0.15) is 0 Å². The molecule has 1 aromatic carbocycles. The summed E-state index contributed by atoms with van der Waals surface area (Å²) in [7, 11) is 0. The number of fused-ring (bicyclic) bond motifs is 1. The normalized spacial score (nSPS) is 28.7. The molecule has 0 saturated carbocycles. The fourth-order valence-electron chi connectivity index (χ4n) is 3.07. The van der Waals surface area contributed by atoms with E-state index in [9.17, 15) is 9.90 Å². The number of hydrogen-bond donors (Lipinski definition) is 1. The lowest BCUT2D eigenvalue weighted by molar-refractivity contribution is -0.152. The number of para-hydroxylation sites is 1. The third-order valence-corrected chi connectivity index (χ3v) is 4.07. The summed E-state index contributed by atoms with van der Waals surface area (Å²) >= 11 is 0. The average Bonchev–Trinajstić information content (AvgIpc) is 2.53. The van der Waals surface area contributed by atoms with Crippen molar-refractivity contribution in [2.24, 2.45) is 5.92 Å². The monoisotopic (exact) mass is 291 g/mol. The van der Waals surface area contributed by atoms with E-state index in [-0.39, 0.29) is 30.6 Å². The molecule has 2 aliphatic heterocycles. The third-order valence-electron chi connectivity index (χ3n) is 4.07. The maximum absolute atomic E-state index is 12.7. The van der Waals surface area contributed by atoms with Gasteiger partial charge in [-0.3, -0.25) is 4.79 Å². The molecule has 5 nitrogen and oxygen atoms in total. The van der Waals surface area contributed by atoms with E-state index < -0.39 is 0 Å². The number of ether oxygens (including phenoxy) is 2. The van der Waals surface area contributed by atoms with Crippen LogP contribution in [-0.4, -0.2) is 54.4 Å². The van der Waals surface area contributed by atoms with Crippen LogP contribution in [0.2, 0.25) is 0 Å². The van der Waals surface area contributed by atoms with Gasteiger partial charge < -0.3 is 19.5 Å². The molecule has 114 valence electrons. The molecule has 21 heavy (non-hydrogen) atoms. The van der Waals surface area contributed by atoms with E-state index in [1.165, 1.54) is 0 Å². The molecule has 0 aromatic heterocycles. The maximum atomic E-state index is 12.7. The molecule has 2 aliphatic rings. The van der Waals surface area contributed by atoms with Crippen LogP contribution in [0.1, 0.15) is 12.5 Å². The number of aliphatic hydroxyl groups excluding tert-OH is 1. The minimum absolute atomic E-state index is 0.0448. The number of carbonyl (C=O) groups is 1. The highest BCUT2D eigenvalue weighted by Crippen LogP contribution is 2.28. The van der Waals surface area contributed by atoms with E-state index in [4.69, 9.17) is 9.47 Å². The van der Waals surface area contributed by atoms with Crippen molar-refractivity contribution in [3.8, 4) is 5.75 Å². The van der Waals surface area contributed by atoms with E-state index >= 15 is 0 Å². The Morgan fingerprint density at radius 3 is 3.00 bits per heavy atom. The fraction of sp³-hybridized carbons (Fsp3) is 0.562. The van der Waals surface area contributed by atoms with Crippen molar-refractivity contribution < 1.29 is 19.4 Å². The van der Waals surface area contributed by atoms with Crippen molar-refractivity contribution >= 4 is 5.91 Å². The van der Waals surface area contributed by atoms with Crippen LogP contribution in [0.25, 0.3) is 0 Å². The summed E-state index contributed by atoms with van der Waals surface area (Å²) in [5.41, 5.74) is 1.09. The second-order valence-electron chi connectivity index (χ2n) is 5.81. The van der Waals surface area contributed by atoms with Gasteiger partial charge in [-0.15, -0.1) is 0 Å². The summed E-state index contributed by atoms with van der Waals surface area (Å²) < 4.78 is 11.3. The lowest BCUT2D eigenvalue weighted by atomic mass is 9.95. The van der Waals surface area contributed by atoms with Gasteiger partial charge in [0.1, 0.15) is 12.4 Å². The average molecular weight is 291 g/mol. The van der Waals surface area contributed by atoms with E-state index in [1.807, 2.05) is 31.2 Å². The van der Waals surface area contributed by atoms with Gasteiger partial charge in [0.15, 0.2) is 0 Å². The van der Waals surface area contributed by atoms with E-state index in [0.717, 1.165) is 11.3 Å². The Morgan fingerprint density at radius 1 is 1.38 bits per heavy atom. The molecular weight excluding hydrogens is 270 g/mol. The van der Waals surface area contributed by atoms with E-state index in [1.54, 1.807) is 4.90 Å². The van der Waals surface area contributed by atoms with Gasteiger partial charge >= 0.3 is 0 Å². The summed E-state index contributed by atoms with van der Waals surface area (Å²) in [4.78, 5) is 14.5. The number of hydrogen-bond acceptors (Lipinski definition) is 4. The number of nitrogens with zero attached hydrogens (tertiary/aromatic N) is 1. The van der Waals surface area contributed by atoms with Crippen molar-refractivity contribution in [3.05, 3.63) is 29.8 Å². The number of morpholine rings is 1. The minimum atomic E-state index is -0.283. The molecule has 1 aromatic rings. The van der Waals surface area contributed by atoms with E-state index in [0.29, 0.717) is 26.1 Å². The summed E-state index contributed by atoms with van der Waals surface area (Å²) in [6.45, 7) is 3.32. The predicted octanol–water partition coefficient (Wildman–Crippen LogP) is 0.846. The molecule has 5 heteroatoms. The van der Waals surface area contributed by atoms with Crippen LogP contribution in [0.5, 0.6) is 5.75 Å². The Morgan fingerprint density at radius 2 is 2.19 bits per heavy atom. The standard InChI is InChI=1S/C16H21NO4/c1-11-7-17(8-14(9-18)21-11)16(19)13-6-12-4-2-3-5-15(12)20-10-13/h2-5,11,13-14,18H,6-10H2,1H3. The Bertz CT molecular complexity index is 519. The van der Waals surface area contributed by atoms with Crippen LogP contribution in [-0.2, 0) is 16.0 Å². The first-order valence-corrected chi connectivity index (χ1v) is 7.43. The van der Waals surface area contributed by atoms with Crippen molar-refractivity contribution in [3.63, 3.8) is 0 Å². The first-order chi connectivity index (χ1) is 10.2. The predicted molar refractivity (Wildman–Crippen MR) is 77.1 cm³/mol. The maximum Gasteiger partial charge on any atom is 0.229 e. The summed E-state index contributed by atoms with van der Waals surface area (Å²) in [5, 5.41) is 9.26. The van der Waals surface area contributed by atoms with Crippen LogP contribution in [0, 0.1) is 5.92 Å². The number of rotatable bonds is 2. The van der Waals surface area contributed by atoms with Crippen LogP contribution in [0.3, 0.4) is 0 Å². The largest absolute Gasteiger partial charge is 0.492 e. The molecule has 0 bridgehead atoms. The molecule has 1 fully saturated rings. The van der Waals surface area contributed by atoms with E-state index in [2.05, 4.69) is 0 Å². The molecule has 1 amide bonds. The Balaban J connectivity index is 1.68. The molecule has 3 unspecified atom stereocenters. The second kappa shape index (κ2) is 6.03. The number of amides is 1. The third kappa shape index (κ3) is 3.04. The summed E-state index contributed by atoms with van der Waals surface area (Å²) in [6.07, 6.45) is 0.385. The first-order valence-electron chi connectivity index (χ1n) is 7.43. The fourth-order valence-corrected chi connectivity index (χ4v) is 3.07. The molecule has 3 rings (SSSR count). The Labute approximate surface area is 124 Å².